The van der Waals surface area contributed by atoms with Gasteiger partial charge < -0.3 is 10.1 Å². The topological polar surface area (TPSA) is 24.5 Å². The van der Waals surface area contributed by atoms with Crippen molar-refractivity contribution >= 4 is 17.3 Å². The van der Waals surface area contributed by atoms with E-state index in [1.54, 1.807) is 7.11 Å². The molecule has 0 amide bonds. The highest BCUT2D eigenvalue weighted by molar-refractivity contribution is 6.30. The standard InChI is InChI=1S/C15H25ClN2O/c1-4-13(2)18(10-11-19-3)9-8-17-15-7-5-6-14(16)12-15/h5-7,12-13,17H,4,8-11H2,1-3H3. The summed E-state index contributed by atoms with van der Waals surface area (Å²) in [5, 5.41) is 4.17. The molecule has 0 spiro atoms. The second-order valence-electron chi connectivity index (χ2n) is 4.72. The number of ether oxygens (including phenoxy) is 1. The molecule has 1 aromatic carbocycles. The zero-order valence-corrected chi connectivity index (χ0v) is 12.9. The fourth-order valence-corrected chi connectivity index (χ4v) is 2.15. The van der Waals surface area contributed by atoms with E-state index in [0.717, 1.165) is 43.4 Å². The van der Waals surface area contributed by atoms with Gasteiger partial charge in [-0.1, -0.05) is 24.6 Å². The van der Waals surface area contributed by atoms with E-state index in [4.69, 9.17) is 16.3 Å². The van der Waals surface area contributed by atoms with Gasteiger partial charge in [0.05, 0.1) is 6.61 Å². The van der Waals surface area contributed by atoms with Crippen LogP contribution in [0.4, 0.5) is 5.69 Å². The van der Waals surface area contributed by atoms with Crippen molar-refractivity contribution in [2.24, 2.45) is 0 Å². The van der Waals surface area contributed by atoms with E-state index in [0.29, 0.717) is 6.04 Å². The molecule has 0 radical (unpaired) electrons. The number of nitrogens with one attached hydrogen (secondary N) is 1. The normalized spacial score (nSPS) is 12.7. The predicted octanol–water partition coefficient (Wildman–Crippen LogP) is 3.50. The number of hydrogen-bond acceptors (Lipinski definition) is 3. The Morgan fingerprint density at radius 2 is 2.16 bits per heavy atom. The molecule has 108 valence electrons. The van der Waals surface area contributed by atoms with E-state index in [2.05, 4.69) is 24.1 Å². The summed E-state index contributed by atoms with van der Waals surface area (Å²) in [5.74, 6) is 0. The first-order valence-electron chi connectivity index (χ1n) is 6.89. The molecule has 4 heteroatoms. The SMILES string of the molecule is CCC(C)N(CCNc1cccc(Cl)c1)CCOC. The third-order valence-corrected chi connectivity index (χ3v) is 3.58. The Morgan fingerprint density at radius 1 is 1.37 bits per heavy atom. The third kappa shape index (κ3) is 6.28. The van der Waals surface area contributed by atoms with E-state index in [1.165, 1.54) is 0 Å². The van der Waals surface area contributed by atoms with Gasteiger partial charge in [-0.2, -0.15) is 0 Å². The number of hydrogen-bond donors (Lipinski definition) is 1. The summed E-state index contributed by atoms with van der Waals surface area (Å²) in [7, 11) is 1.75. The quantitative estimate of drug-likeness (QED) is 0.751. The monoisotopic (exact) mass is 284 g/mol. The van der Waals surface area contributed by atoms with Crippen LogP contribution in [-0.2, 0) is 4.74 Å². The second kappa shape index (κ2) is 9.18. The van der Waals surface area contributed by atoms with Gasteiger partial charge >= 0.3 is 0 Å². The van der Waals surface area contributed by atoms with Crippen LogP contribution in [0.25, 0.3) is 0 Å². The van der Waals surface area contributed by atoms with Crippen LogP contribution < -0.4 is 5.32 Å². The van der Waals surface area contributed by atoms with Crippen molar-refractivity contribution in [3.63, 3.8) is 0 Å². The molecule has 0 aliphatic heterocycles. The summed E-state index contributed by atoms with van der Waals surface area (Å²) in [5.41, 5.74) is 1.07. The number of nitrogens with zero attached hydrogens (tertiary/aromatic N) is 1. The van der Waals surface area contributed by atoms with E-state index < -0.39 is 0 Å². The third-order valence-electron chi connectivity index (χ3n) is 3.35. The van der Waals surface area contributed by atoms with Crippen LogP contribution in [0.1, 0.15) is 20.3 Å². The molecule has 0 aromatic heterocycles. The lowest BCUT2D eigenvalue weighted by atomic mass is 10.2. The molecule has 0 saturated heterocycles. The van der Waals surface area contributed by atoms with Gasteiger partial charge in [0.15, 0.2) is 0 Å². The Kier molecular flexibility index (Phi) is 7.87. The van der Waals surface area contributed by atoms with Crippen LogP contribution in [0.15, 0.2) is 24.3 Å². The average molecular weight is 285 g/mol. The van der Waals surface area contributed by atoms with E-state index in [1.807, 2.05) is 24.3 Å². The molecule has 1 rings (SSSR count). The number of halogens is 1. The van der Waals surface area contributed by atoms with Gasteiger partial charge in [-0.3, -0.25) is 4.90 Å². The maximum atomic E-state index is 5.96. The lowest BCUT2D eigenvalue weighted by Gasteiger charge is -2.28. The van der Waals surface area contributed by atoms with E-state index in [-0.39, 0.29) is 0 Å². The number of methoxy groups -OCH3 is 1. The molecule has 19 heavy (non-hydrogen) atoms. The summed E-state index contributed by atoms with van der Waals surface area (Å²) in [6, 6.07) is 8.41. The molecule has 0 saturated carbocycles. The summed E-state index contributed by atoms with van der Waals surface area (Å²) in [6.07, 6.45) is 1.15. The minimum atomic E-state index is 0.580. The molecule has 1 atom stereocenters. The van der Waals surface area contributed by atoms with Gasteiger partial charge in [0.25, 0.3) is 0 Å². The molecule has 0 aliphatic rings. The highest BCUT2D eigenvalue weighted by Crippen LogP contribution is 2.14. The molecule has 1 aromatic rings. The van der Waals surface area contributed by atoms with Crippen LogP contribution >= 0.6 is 11.6 Å². The van der Waals surface area contributed by atoms with Gasteiger partial charge in [-0.05, 0) is 31.5 Å². The summed E-state index contributed by atoms with van der Waals surface area (Å²) >= 11 is 5.96. The molecule has 0 fully saturated rings. The smallest absolute Gasteiger partial charge is 0.0589 e. The second-order valence-corrected chi connectivity index (χ2v) is 5.16. The summed E-state index contributed by atoms with van der Waals surface area (Å²) < 4.78 is 5.17. The molecule has 3 nitrogen and oxygen atoms in total. The Morgan fingerprint density at radius 3 is 2.79 bits per heavy atom. The lowest BCUT2D eigenvalue weighted by Crippen LogP contribution is -2.38. The molecule has 0 bridgehead atoms. The zero-order valence-electron chi connectivity index (χ0n) is 12.2. The largest absolute Gasteiger partial charge is 0.384 e. The van der Waals surface area contributed by atoms with Gasteiger partial charge in [0, 0.05) is 43.5 Å². The maximum absolute atomic E-state index is 5.96. The van der Waals surface area contributed by atoms with Crippen LogP contribution in [0, 0.1) is 0 Å². The van der Waals surface area contributed by atoms with Gasteiger partial charge in [-0.15, -0.1) is 0 Å². The molecule has 1 N–H and O–H groups in total. The van der Waals surface area contributed by atoms with Crippen LogP contribution in [0.3, 0.4) is 0 Å². The van der Waals surface area contributed by atoms with Crippen molar-refractivity contribution in [1.29, 1.82) is 0 Å². The maximum Gasteiger partial charge on any atom is 0.0589 e. The van der Waals surface area contributed by atoms with Gasteiger partial charge in [0.1, 0.15) is 0 Å². The van der Waals surface area contributed by atoms with Crippen molar-refractivity contribution in [1.82, 2.24) is 4.90 Å². The van der Waals surface area contributed by atoms with E-state index in [9.17, 15) is 0 Å². The van der Waals surface area contributed by atoms with Gasteiger partial charge in [-0.25, -0.2) is 0 Å². The van der Waals surface area contributed by atoms with Crippen molar-refractivity contribution in [3.05, 3.63) is 29.3 Å². The highest BCUT2D eigenvalue weighted by Gasteiger charge is 2.10. The van der Waals surface area contributed by atoms with Crippen molar-refractivity contribution in [2.45, 2.75) is 26.3 Å². The number of benzene rings is 1. The Hall–Kier alpha value is -0.770. The molecule has 1 unspecified atom stereocenters. The molecule has 0 aliphatic carbocycles. The Bertz CT molecular complexity index is 360. The predicted molar refractivity (Wildman–Crippen MR) is 83.1 cm³/mol. The fraction of sp³-hybridized carbons (Fsp3) is 0.600. The minimum absolute atomic E-state index is 0.580. The molecule has 0 heterocycles. The molecular formula is C15H25ClN2O. The van der Waals surface area contributed by atoms with Gasteiger partial charge in [0.2, 0.25) is 0 Å². The Balaban J connectivity index is 2.38. The van der Waals surface area contributed by atoms with Crippen molar-refractivity contribution in [2.75, 3.05) is 38.7 Å². The Labute approximate surface area is 121 Å². The number of rotatable bonds is 9. The first-order valence-corrected chi connectivity index (χ1v) is 7.27. The van der Waals surface area contributed by atoms with Crippen LogP contribution in [0.5, 0.6) is 0 Å². The summed E-state index contributed by atoms with van der Waals surface area (Å²) in [6.45, 7) is 8.15. The fourth-order valence-electron chi connectivity index (χ4n) is 1.96. The molecular weight excluding hydrogens is 260 g/mol. The van der Waals surface area contributed by atoms with E-state index >= 15 is 0 Å². The number of anilines is 1. The average Bonchev–Trinajstić information content (AvgIpc) is 2.42. The van der Waals surface area contributed by atoms with Crippen LogP contribution in [0.2, 0.25) is 5.02 Å². The highest BCUT2D eigenvalue weighted by atomic mass is 35.5. The first kappa shape index (κ1) is 16.3. The first-order chi connectivity index (χ1) is 9.17. The lowest BCUT2D eigenvalue weighted by molar-refractivity contribution is 0.126. The van der Waals surface area contributed by atoms with Crippen LogP contribution in [-0.4, -0.2) is 44.3 Å². The van der Waals surface area contributed by atoms with Crippen molar-refractivity contribution in [3.8, 4) is 0 Å². The summed E-state index contributed by atoms with van der Waals surface area (Å²) in [4.78, 5) is 2.45. The zero-order chi connectivity index (χ0) is 14.1. The minimum Gasteiger partial charge on any atom is -0.384 e. The van der Waals surface area contributed by atoms with Crippen molar-refractivity contribution < 1.29 is 4.74 Å².